The molecule has 0 saturated heterocycles. The molecule has 188 valence electrons. The van der Waals surface area contributed by atoms with Gasteiger partial charge in [-0.3, -0.25) is 9.59 Å². The summed E-state index contributed by atoms with van der Waals surface area (Å²) in [6, 6.07) is 7.74. The Morgan fingerprint density at radius 3 is 2.61 bits per heavy atom. The van der Waals surface area contributed by atoms with Gasteiger partial charge in [0.2, 0.25) is 5.95 Å². The summed E-state index contributed by atoms with van der Waals surface area (Å²) in [4.78, 5) is 32.5. The molecule has 0 aliphatic heterocycles. The lowest BCUT2D eigenvalue weighted by Crippen LogP contribution is -2.23. The zero-order valence-corrected chi connectivity index (χ0v) is 19.8. The number of hydrogen-bond acceptors (Lipinski definition) is 7. The van der Waals surface area contributed by atoms with Crippen molar-refractivity contribution in [3.63, 3.8) is 0 Å². The second-order valence-corrected chi connectivity index (χ2v) is 8.13. The average molecular weight is 501 g/mol. The summed E-state index contributed by atoms with van der Waals surface area (Å²) in [5.74, 6) is 1.08. The molecule has 0 atom stereocenters. The van der Waals surface area contributed by atoms with Gasteiger partial charge < -0.3 is 23.9 Å². The fourth-order valence-electron chi connectivity index (χ4n) is 3.72. The van der Waals surface area contributed by atoms with Crippen molar-refractivity contribution < 1.29 is 27.4 Å². The number of halogens is 3. The minimum atomic E-state index is -4.63. The third-order valence-corrected chi connectivity index (χ3v) is 5.36. The number of rotatable bonds is 7. The van der Waals surface area contributed by atoms with Crippen LogP contribution in [-0.4, -0.2) is 32.0 Å². The minimum absolute atomic E-state index is 0.0123. The number of ketones is 1. The van der Waals surface area contributed by atoms with Crippen molar-refractivity contribution in [1.82, 2.24) is 19.1 Å². The summed E-state index contributed by atoms with van der Waals surface area (Å²) in [5.41, 5.74) is -0.556. The van der Waals surface area contributed by atoms with Gasteiger partial charge in [0.1, 0.15) is 22.7 Å². The molecule has 12 heteroatoms. The van der Waals surface area contributed by atoms with Gasteiger partial charge in [-0.1, -0.05) is 12.1 Å². The SMILES string of the molecule is COc1c(Oc2cccc(CC(C)=O)c2)cnc2nc(Nc3cc(C(F)(F)F)cn(C)c3=O)n(C)c12. The minimum Gasteiger partial charge on any atom is -0.491 e. The van der Waals surface area contributed by atoms with Gasteiger partial charge in [-0.25, -0.2) is 4.98 Å². The van der Waals surface area contributed by atoms with Crippen molar-refractivity contribution >= 4 is 28.6 Å². The molecule has 0 bridgehead atoms. The molecule has 0 spiro atoms. The maximum Gasteiger partial charge on any atom is 0.417 e. The molecule has 0 amide bonds. The molecular weight excluding hydrogens is 479 g/mol. The Hall–Kier alpha value is -4.35. The number of carbonyl (C=O) groups excluding carboxylic acids is 1. The summed E-state index contributed by atoms with van der Waals surface area (Å²) in [7, 11) is 4.25. The van der Waals surface area contributed by atoms with Gasteiger partial charge in [-0.15, -0.1) is 0 Å². The predicted octanol–water partition coefficient (Wildman–Crippen LogP) is 4.36. The van der Waals surface area contributed by atoms with Crippen LogP contribution >= 0.6 is 0 Å². The first-order valence-corrected chi connectivity index (χ1v) is 10.7. The highest BCUT2D eigenvalue weighted by atomic mass is 19.4. The molecule has 0 unspecified atom stereocenters. The van der Waals surface area contributed by atoms with Gasteiger partial charge in [-0.05, 0) is 30.7 Å². The molecule has 0 saturated carbocycles. The second-order valence-electron chi connectivity index (χ2n) is 8.13. The number of pyridine rings is 2. The smallest absolute Gasteiger partial charge is 0.417 e. The van der Waals surface area contributed by atoms with Crippen LogP contribution in [0.4, 0.5) is 24.8 Å². The Balaban J connectivity index is 1.73. The zero-order chi connectivity index (χ0) is 26.2. The van der Waals surface area contributed by atoms with Crippen LogP contribution in [-0.2, 0) is 31.5 Å². The number of alkyl halides is 3. The Morgan fingerprint density at radius 2 is 1.94 bits per heavy atom. The molecule has 1 N–H and O–H groups in total. The van der Waals surface area contributed by atoms with Crippen LogP contribution in [0.25, 0.3) is 11.2 Å². The number of imidazole rings is 1. The lowest BCUT2D eigenvalue weighted by molar-refractivity contribution is -0.138. The largest absolute Gasteiger partial charge is 0.491 e. The van der Waals surface area contributed by atoms with Gasteiger partial charge in [0, 0.05) is 26.7 Å². The molecule has 36 heavy (non-hydrogen) atoms. The highest BCUT2D eigenvalue weighted by Crippen LogP contribution is 2.38. The van der Waals surface area contributed by atoms with Gasteiger partial charge in [0.25, 0.3) is 5.56 Å². The molecule has 0 aliphatic carbocycles. The summed E-state index contributed by atoms with van der Waals surface area (Å²) in [5, 5.41) is 2.68. The number of ether oxygens (including phenoxy) is 2. The number of aromatic nitrogens is 4. The van der Waals surface area contributed by atoms with Gasteiger partial charge >= 0.3 is 6.18 Å². The molecule has 0 aliphatic rings. The number of nitrogens with zero attached hydrogens (tertiary/aromatic N) is 4. The first-order chi connectivity index (χ1) is 17.0. The van der Waals surface area contributed by atoms with E-state index in [-0.39, 0.29) is 41.0 Å². The number of fused-ring (bicyclic) bond motifs is 1. The van der Waals surface area contributed by atoms with E-state index >= 15 is 0 Å². The van der Waals surface area contributed by atoms with Crippen LogP contribution in [0, 0.1) is 0 Å². The van der Waals surface area contributed by atoms with E-state index in [0.29, 0.717) is 11.3 Å². The van der Waals surface area contributed by atoms with Crippen LogP contribution in [0.2, 0.25) is 0 Å². The molecule has 9 nitrogen and oxygen atoms in total. The number of anilines is 2. The second kappa shape index (κ2) is 9.36. The van der Waals surface area contributed by atoms with E-state index in [0.717, 1.165) is 22.4 Å². The number of methoxy groups -OCH3 is 1. The van der Waals surface area contributed by atoms with E-state index in [9.17, 15) is 22.8 Å². The standard InChI is InChI=1S/C24H22F3N5O4/c1-13(33)8-14-6-5-7-16(9-14)36-18-11-28-21-19(20(18)35-4)32(3)23(30-21)29-17-10-15(24(25,26)27)12-31(2)22(17)34/h5-7,9-12H,8H2,1-4H3,(H,28,29,30). The summed E-state index contributed by atoms with van der Waals surface area (Å²) in [6.45, 7) is 1.50. The molecule has 1 aromatic carbocycles. The lowest BCUT2D eigenvalue weighted by Gasteiger charge is -2.13. The van der Waals surface area contributed by atoms with Crippen LogP contribution in [0.1, 0.15) is 18.1 Å². The van der Waals surface area contributed by atoms with Crippen molar-refractivity contribution in [3.8, 4) is 17.2 Å². The highest BCUT2D eigenvalue weighted by molar-refractivity contribution is 5.85. The third-order valence-electron chi connectivity index (χ3n) is 5.36. The quantitative estimate of drug-likeness (QED) is 0.402. The Kier molecular flexibility index (Phi) is 6.44. The van der Waals surface area contributed by atoms with E-state index in [1.54, 1.807) is 25.2 Å². The molecule has 0 fully saturated rings. The monoisotopic (exact) mass is 501 g/mol. The number of carbonyl (C=O) groups is 1. The van der Waals surface area contributed by atoms with Gasteiger partial charge in [0.05, 0.1) is 18.9 Å². The summed E-state index contributed by atoms with van der Waals surface area (Å²) in [6.07, 6.45) is -2.24. The molecule has 3 aromatic heterocycles. The van der Waals surface area contributed by atoms with Crippen molar-refractivity contribution in [2.45, 2.75) is 19.5 Å². The van der Waals surface area contributed by atoms with Crippen molar-refractivity contribution in [2.75, 3.05) is 12.4 Å². The molecular formula is C24H22F3N5O4. The van der Waals surface area contributed by atoms with E-state index in [2.05, 4.69) is 15.3 Å². The number of hydrogen-bond donors (Lipinski definition) is 1. The highest BCUT2D eigenvalue weighted by Gasteiger charge is 2.32. The third kappa shape index (κ3) is 4.88. The predicted molar refractivity (Wildman–Crippen MR) is 126 cm³/mol. The van der Waals surface area contributed by atoms with E-state index in [1.165, 1.54) is 31.8 Å². The van der Waals surface area contributed by atoms with E-state index < -0.39 is 17.3 Å². The van der Waals surface area contributed by atoms with E-state index in [1.807, 2.05) is 6.07 Å². The van der Waals surface area contributed by atoms with Crippen LogP contribution in [0.5, 0.6) is 17.2 Å². The number of benzene rings is 1. The maximum atomic E-state index is 13.3. The Labute approximate surface area is 203 Å². The number of nitrogens with one attached hydrogen (secondary N) is 1. The fourth-order valence-corrected chi connectivity index (χ4v) is 3.72. The van der Waals surface area contributed by atoms with Gasteiger partial charge in [0.15, 0.2) is 17.1 Å². The van der Waals surface area contributed by atoms with Crippen LogP contribution in [0.3, 0.4) is 0 Å². The normalized spacial score (nSPS) is 11.5. The summed E-state index contributed by atoms with van der Waals surface area (Å²) < 4.78 is 53.6. The summed E-state index contributed by atoms with van der Waals surface area (Å²) >= 11 is 0. The van der Waals surface area contributed by atoms with Gasteiger partial charge in [-0.2, -0.15) is 18.2 Å². The number of Topliss-reactive ketones (excluding diaryl/α,β-unsaturated/α-hetero) is 1. The van der Waals surface area contributed by atoms with Crippen molar-refractivity contribution in [2.24, 2.45) is 14.1 Å². The average Bonchev–Trinajstić information content (AvgIpc) is 3.11. The molecule has 4 rings (SSSR count). The van der Waals surface area contributed by atoms with Crippen LogP contribution < -0.4 is 20.3 Å². The molecule has 4 aromatic rings. The first kappa shape index (κ1) is 24.8. The van der Waals surface area contributed by atoms with Crippen molar-refractivity contribution in [3.05, 3.63) is 64.2 Å². The first-order valence-electron chi connectivity index (χ1n) is 10.7. The zero-order valence-electron chi connectivity index (χ0n) is 19.8. The molecule has 3 heterocycles. The maximum absolute atomic E-state index is 13.3. The number of aryl methyl sites for hydroxylation is 2. The Bertz CT molecular complexity index is 1520. The van der Waals surface area contributed by atoms with Crippen molar-refractivity contribution in [1.29, 1.82) is 0 Å². The van der Waals surface area contributed by atoms with E-state index in [4.69, 9.17) is 9.47 Å². The Morgan fingerprint density at radius 1 is 1.19 bits per heavy atom. The van der Waals surface area contributed by atoms with Crippen LogP contribution in [0.15, 0.2) is 47.5 Å². The molecule has 0 radical (unpaired) electrons. The fraction of sp³-hybridized carbons (Fsp3) is 0.250. The lowest BCUT2D eigenvalue weighted by atomic mass is 10.1. The topological polar surface area (TPSA) is 100 Å².